The number of rotatable bonds is 7. The topological polar surface area (TPSA) is 90.4 Å². The van der Waals surface area contributed by atoms with Gasteiger partial charge in [0, 0.05) is 0 Å². The normalized spacial score (nSPS) is 11.3. The number of fused-ring (bicyclic) bond motifs is 1. The van der Waals surface area contributed by atoms with Crippen LogP contribution in [0, 0.1) is 0 Å². The van der Waals surface area contributed by atoms with Crippen molar-refractivity contribution in [3.8, 4) is 11.6 Å². The molecule has 0 aliphatic carbocycles. The van der Waals surface area contributed by atoms with Gasteiger partial charge in [-0.2, -0.15) is 8.42 Å². The van der Waals surface area contributed by atoms with Gasteiger partial charge in [-0.15, -0.1) is 0 Å². The number of nitrogens with zero attached hydrogens (tertiary/aromatic N) is 2. The van der Waals surface area contributed by atoms with Gasteiger partial charge in [0.25, 0.3) is 5.88 Å². The number of anilines is 1. The Morgan fingerprint density at radius 3 is 2.24 bits per heavy atom. The van der Waals surface area contributed by atoms with Crippen molar-refractivity contribution in [2.45, 2.75) is 6.61 Å². The Hall–Kier alpha value is -3.17. The SMILES string of the molecule is COc1ccc(COc2nc3ccccc3nc2NS(=O)(=O)[s+]2cccc2)cc1. The molecule has 0 atom stereocenters. The number of ether oxygens (including phenoxy) is 2. The van der Waals surface area contributed by atoms with Crippen molar-refractivity contribution < 1.29 is 17.9 Å². The quantitative estimate of drug-likeness (QED) is 0.351. The zero-order chi connectivity index (χ0) is 20.3. The summed E-state index contributed by atoms with van der Waals surface area (Å²) in [7, 11) is -3.15. The second-order valence-corrected chi connectivity index (χ2v) is 10.8. The Bertz CT molecular complexity index is 1220. The summed E-state index contributed by atoms with van der Waals surface area (Å²) in [6, 6.07) is 18.0. The van der Waals surface area contributed by atoms with E-state index in [-0.39, 0.29) is 18.3 Å². The van der Waals surface area contributed by atoms with Gasteiger partial charge < -0.3 is 9.47 Å². The number of hydrogen-bond donors (Lipinski definition) is 1. The number of benzene rings is 2. The summed E-state index contributed by atoms with van der Waals surface area (Å²) in [4.78, 5) is 8.90. The molecule has 0 aliphatic heterocycles. The van der Waals surface area contributed by atoms with Crippen molar-refractivity contribution in [2.24, 2.45) is 0 Å². The van der Waals surface area contributed by atoms with Gasteiger partial charge in [-0.25, -0.2) is 14.7 Å². The number of thiophene rings is 1. The van der Waals surface area contributed by atoms with Gasteiger partial charge in [0.1, 0.15) is 21.9 Å². The monoisotopic (exact) mass is 428 g/mol. The highest BCUT2D eigenvalue weighted by molar-refractivity contribution is 8.39. The number of aromatic nitrogens is 2. The van der Waals surface area contributed by atoms with Crippen LogP contribution in [0.1, 0.15) is 5.56 Å². The first-order valence-corrected chi connectivity index (χ1v) is 12.0. The van der Waals surface area contributed by atoms with Crippen LogP contribution in [0.25, 0.3) is 11.0 Å². The average molecular weight is 429 g/mol. The predicted molar refractivity (Wildman–Crippen MR) is 114 cm³/mol. The third kappa shape index (κ3) is 4.30. The van der Waals surface area contributed by atoms with Crippen LogP contribution < -0.4 is 14.2 Å². The molecule has 0 amide bonds. The molecule has 148 valence electrons. The lowest BCUT2D eigenvalue weighted by Crippen LogP contribution is -2.12. The number of hydrogen-bond acceptors (Lipinski definition) is 6. The lowest BCUT2D eigenvalue weighted by atomic mass is 10.2. The maximum absolute atomic E-state index is 12.7. The van der Waals surface area contributed by atoms with Crippen molar-refractivity contribution >= 4 is 35.4 Å². The lowest BCUT2D eigenvalue weighted by Gasteiger charge is -2.11. The minimum Gasteiger partial charge on any atom is -0.497 e. The van der Waals surface area contributed by atoms with Gasteiger partial charge in [-0.05, 0) is 42.0 Å². The van der Waals surface area contributed by atoms with Gasteiger partial charge in [0.05, 0.1) is 18.1 Å². The van der Waals surface area contributed by atoms with E-state index in [1.807, 2.05) is 36.4 Å². The third-order valence-corrected chi connectivity index (χ3v) is 8.32. The summed E-state index contributed by atoms with van der Waals surface area (Å²) >= 11 is 0. The Balaban J connectivity index is 1.66. The van der Waals surface area contributed by atoms with Crippen molar-refractivity contribution in [2.75, 3.05) is 11.8 Å². The van der Waals surface area contributed by atoms with Gasteiger partial charge >= 0.3 is 9.06 Å². The van der Waals surface area contributed by atoms with Crippen molar-refractivity contribution in [1.82, 2.24) is 9.97 Å². The molecule has 0 unspecified atom stereocenters. The molecule has 0 saturated heterocycles. The molecule has 4 aromatic rings. The van der Waals surface area contributed by atoms with E-state index < -0.39 is 18.6 Å². The van der Waals surface area contributed by atoms with Crippen LogP contribution in [0.4, 0.5) is 5.82 Å². The molecular formula is C20H18N3O4S2+. The van der Waals surface area contributed by atoms with E-state index in [1.165, 1.54) is 0 Å². The van der Waals surface area contributed by atoms with Gasteiger partial charge in [-0.3, -0.25) is 0 Å². The number of nitrogens with one attached hydrogen (secondary N) is 1. The van der Waals surface area contributed by atoms with Crippen LogP contribution in [0.5, 0.6) is 11.6 Å². The fourth-order valence-corrected chi connectivity index (χ4v) is 5.76. The van der Waals surface area contributed by atoms with Crippen LogP contribution in [0.15, 0.2) is 71.4 Å². The zero-order valence-corrected chi connectivity index (χ0v) is 17.1. The summed E-state index contributed by atoms with van der Waals surface area (Å²) in [6.45, 7) is 0.206. The molecule has 0 saturated carbocycles. The minimum absolute atomic E-state index is 0.0680. The molecule has 0 aliphatic rings. The standard InChI is InChI=1S/C20H18N3O4S2/c1-26-16-10-8-15(9-11-16)14-27-20-19(21-17-6-2-3-7-18(17)22-20)23-29(24,25)28-12-4-5-13-28/h2-13H,14H2,1H3,(H,21,23)/q+1. The van der Waals surface area contributed by atoms with E-state index >= 15 is 0 Å². The first kappa shape index (κ1) is 19.2. The highest BCUT2D eigenvalue weighted by Crippen LogP contribution is 2.31. The highest BCUT2D eigenvalue weighted by Gasteiger charge is 2.26. The van der Waals surface area contributed by atoms with Crippen LogP contribution in [0.3, 0.4) is 0 Å². The average Bonchev–Trinajstić information content (AvgIpc) is 3.28. The van der Waals surface area contributed by atoms with Gasteiger partial charge in [0.15, 0.2) is 10.8 Å². The van der Waals surface area contributed by atoms with Crippen molar-refractivity contribution in [1.29, 1.82) is 0 Å². The van der Waals surface area contributed by atoms with E-state index in [0.717, 1.165) is 11.3 Å². The van der Waals surface area contributed by atoms with Crippen LogP contribution in [-0.4, -0.2) is 25.5 Å². The van der Waals surface area contributed by atoms with E-state index in [4.69, 9.17) is 9.47 Å². The summed E-state index contributed by atoms with van der Waals surface area (Å²) in [6.07, 6.45) is 0. The van der Waals surface area contributed by atoms with Crippen LogP contribution in [-0.2, 0) is 15.7 Å². The molecule has 2 heterocycles. The summed E-state index contributed by atoms with van der Waals surface area (Å²) in [5.74, 6) is 0.934. The van der Waals surface area contributed by atoms with E-state index in [1.54, 1.807) is 42.1 Å². The Morgan fingerprint density at radius 1 is 0.931 bits per heavy atom. The predicted octanol–water partition coefficient (Wildman–Crippen LogP) is 4.17. The van der Waals surface area contributed by atoms with Crippen molar-refractivity contribution in [3.05, 3.63) is 77.0 Å². The molecule has 2 aromatic heterocycles. The first-order valence-electron chi connectivity index (χ1n) is 8.68. The Kier molecular flexibility index (Phi) is 5.32. The second kappa shape index (κ2) is 8.06. The molecule has 0 radical (unpaired) electrons. The van der Waals surface area contributed by atoms with Crippen LogP contribution in [0.2, 0.25) is 0 Å². The molecule has 7 nitrogen and oxygen atoms in total. The fourth-order valence-electron chi connectivity index (χ4n) is 2.63. The molecule has 2 aromatic carbocycles. The summed E-state index contributed by atoms with van der Waals surface area (Å²) in [5.41, 5.74) is 2.07. The minimum atomic E-state index is -3.69. The first-order chi connectivity index (χ1) is 14.0. The molecule has 1 N–H and O–H groups in total. The Morgan fingerprint density at radius 2 is 1.59 bits per heavy atom. The van der Waals surface area contributed by atoms with Gasteiger partial charge in [0.2, 0.25) is 5.82 Å². The smallest absolute Gasteiger partial charge is 0.434 e. The lowest BCUT2D eigenvalue weighted by molar-refractivity contribution is 0.295. The Labute approximate surface area is 170 Å². The maximum Gasteiger partial charge on any atom is 0.434 e. The molecule has 0 fully saturated rings. The zero-order valence-electron chi connectivity index (χ0n) is 15.5. The molecule has 4 rings (SSSR count). The van der Waals surface area contributed by atoms with E-state index in [9.17, 15) is 8.42 Å². The molecule has 29 heavy (non-hydrogen) atoms. The number of para-hydroxylation sites is 2. The van der Waals surface area contributed by atoms with Crippen LogP contribution >= 0.6 is 9.50 Å². The van der Waals surface area contributed by atoms with Gasteiger partial charge in [-0.1, -0.05) is 24.3 Å². The number of methoxy groups -OCH3 is 1. The summed E-state index contributed by atoms with van der Waals surface area (Å²) < 4.78 is 38.9. The van der Waals surface area contributed by atoms with Crippen molar-refractivity contribution in [3.63, 3.8) is 0 Å². The fraction of sp³-hybridized carbons (Fsp3) is 0.100. The second-order valence-electron chi connectivity index (χ2n) is 6.04. The summed E-state index contributed by atoms with van der Waals surface area (Å²) in [5, 5.41) is 3.24. The van der Waals surface area contributed by atoms with E-state index in [2.05, 4.69) is 14.7 Å². The highest BCUT2D eigenvalue weighted by atomic mass is 33.2. The molecule has 0 spiro atoms. The molecule has 9 heteroatoms. The maximum atomic E-state index is 12.7. The molecular weight excluding hydrogens is 410 g/mol. The van der Waals surface area contributed by atoms with E-state index in [0.29, 0.717) is 11.0 Å². The largest absolute Gasteiger partial charge is 0.497 e. The third-order valence-electron chi connectivity index (χ3n) is 4.08. The molecule has 0 bridgehead atoms.